The summed E-state index contributed by atoms with van der Waals surface area (Å²) in [5.41, 5.74) is 0. The predicted molar refractivity (Wildman–Crippen MR) is 85.6 cm³/mol. The predicted octanol–water partition coefficient (Wildman–Crippen LogP) is 3.09. The standard InChI is InChI=1S/C14H22N4OS/c1-3-7-15-14-17-12(16-10(4-2)5-8-19)11-6-9-20-13(11)18-14/h6,9-10,19H,3-5,7-8H2,1-2H3,(H2,15,16,17,18). The number of rotatable bonds is 8. The number of aliphatic hydroxyl groups is 1. The molecule has 0 bridgehead atoms. The van der Waals surface area contributed by atoms with Crippen molar-refractivity contribution in [3.63, 3.8) is 0 Å². The molecule has 0 saturated heterocycles. The van der Waals surface area contributed by atoms with Crippen LogP contribution in [0.1, 0.15) is 33.1 Å². The first kappa shape index (κ1) is 15.0. The zero-order valence-electron chi connectivity index (χ0n) is 12.0. The minimum absolute atomic E-state index is 0.185. The minimum atomic E-state index is 0.185. The average molecular weight is 294 g/mol. The molecule has 2 rings (SSSR count). The lowest BCUT2D eigenvalue weighted by Gasteiger charge is -2.17. The van der Waals surface area contributed by atoms with E-state index in [0.29, 0.717) is 5.95 Å². The molecule has 1 atom stereocenters. The molecule has 0 aliphatic rings. The average Bonchev–Trinajstić information content (AvgIpc) is 2.93. The number of hydrogen-bond acceptors (Lipinski definition) is 6. The Morgan fingerprint density at radius 1 is 1.35 bits per heavy atom. The highest BCUT2D eigenvalue weighted by Crippen LogP contribution is 2.27. The summed E-state index contributed by atoms with van der Waals surface area (Å²) in [6.45, 7) is 5.27. The third-order valence-electron chi connectivity index (χ3n) is 3.17. The van der Waals surface area contributed by atoms with Crippen molar-refractivity contribution in [3.05, 3.63) is 11.4 Å². The van der Waals surface area contributed by atoms with Crippen LogP contribution in [0.3, 0.4) is 0 Å². The van der Waals surface area contributed by atoms with Gasteiger partial charge in [0.05, 0.1) is 5.39 Å². The van der Waals surface area contributed by atoms with Gasteiger partial charge < -0.3 is 15.7 Å². The molecule has 0 saturated carbocycles. The van der Waals surface area contributed by atoms with E-state index >= 15 is 0 Å². The topological polar surface area (TPSA) is 70.1 Å². The molecule has 6 heteroatoms. The molecule has 2 aromatic heterocycles. The van der Waals surface area contributed by atoms with Gasteiger partial charge in [0.25, 0.3) is 0 Å². The quantitative estimate of drug-likeness (QED) is 0.698. The summed E-state index contributed by atoms with van der Waals surface area (Å²) in [6.07, 6.45) is 2.72. The number of aliphatic hydroxyl groups excluding tert-OH is 1. The molecule has 20 heavy (non-hydrogen) atoms. The molecule has 0 fully saturated rings. The van der Waals surface area contributed by atoms with Crippen LogP contribution in [-0.4, -0.2) is 34.3 Å². The number of anilines is 2. The number of aromatic nitrogens is 2. The van der Waals surface area contributed by atoms with Crippen molar-refractivity contribution in [2.45, 2.75) is 39.2 Å². The van der Waals surface area contributed by atoms with Crippen molar-refractivity contribution in [1.29, 1.82) is 0 Å². The molecule has 0 radical (unpaired) electrons. The normalized spacial score (nSPS) is 12.6. The fourth-order valence-corrected chi connectivity index (χ4v) is 2.77. The Morgan fingerprint density at radius 2 is 2.20 bits per heavy atom. The second-order valence-corrected chi connectivity index (χ2v) is 5.62. The highest BCUT2D eigenvalue weighted by Gasteiger charge is 2.12. The maximum atomic E-state index is 9.11. The zero-order valence-corrected chi connectivity index (χ0v) is 12.8. The van der Waals surface area contributed by atoms with Crippen molar-refractivity contribution in [1.82, 2.24) is 9.97 Å². The highest BCUT2D eigenvalue weighted by molar-refractivity contribution is 7.16. The summed E-state index contributed by atoms with van der Waals surface area (Å²) >= 11 is 1.62. The molecule has 0 spiro atoms. The molecule has 1 unspecified atom stereocenters. The van der Waals surface area contributed by atoms with Gasteiger partial charge in [0.1, 0.15) is 10.6 Å². The number of nitrogens with zero attached hydrogens (tertiary/aromatic N) is 2. The Labute approximate surface area is 123 Å². The van der Waals surface area contributed by atoms with Crippen LogP contribution >= 0.6 is 11.3 Å². The Morgan fingerprint density at radius 3 is 2.90 bits per heavy atom. The Balaban J connectivity index is 2.26. The number of hydrogen-bond donors (Lipinski definition) is 3. The fraction of sp³-hybridized carbons (Fsp3) is 0.571. The largest absolute Gasteiger partial charge is 0.396 e. The smallest absolute Gasteiger partial charge is 0.226 e. The molecule has 0 aliphatic carbocycles. The molecule has 5 nitrogen and oxygen atoms in total. The van der Waals surface area contributed by atoms with Gasteiger partial charge in [-0.25, -0.2) is 4.98 Å². The van der Waals surface area contributed by atoms with Crippen LogP contribution in [0.15, 0.2) is 11.4 Å². The van der Waals surface area contributed by atoms with Gasteiger partial charge in [-0.15, -0.1) is 11.3 Å². The molecule has 2 heterocycles. The molecule has 110 valence electrons. The Kier molecular flexibility index (Phi) is 5.55. The summed E-state index contributed by atoms with van der Waals surface area (Å²) in [7, 11) is 0. The Bertz CT molecular complexity index is 543. The van der Waals surface area contributed by atoms with Gasteiger partial charge in [-0.2, -0.15) is 4.98 Å². The van der Waals surface area contributed by atoms with Gasteiger partial charge in [-0.05, 0) is 30.7 Å². The lowest BCUT2D eigenvalue weighted by Crippen LogP contribution is -2.21. The van der Waals surface area contributed by atoms with E-state index in [0.717, 1.165) is 41.8 Å². The lowest BCUT2D eigenvalue weighted by molar-refractivity contribution is 0.278. The number of fused-ring (bicyclic) bond motifs is 1. The van der Waals surface area contributed by atoms with Gasteiger partial charge >= 0.3 is 0 Å². The summed E-state index contributed by atoms with van der Waals surface area (Å²) in [4.78, 5) is 10.1. The second-order valence-electron chi connectivity index (χ2n) is 4.72. The first-order valence-corrected chi connectivity index (χ1v) is 8.03. The molecule has 2 aromatic rings. The van der Waals surface area contributed by atoms with Gasteiger partial charge in [-0.1, -0.05) is 13.8 Å². The molecule has 0 aromatic carbocycles. The summed E-state index contributed by atoms with van der Waals surface area (Å²) < 4.78 is 0. The van der Waals surface area contributed by atoms with Crippen molar-refractivity contribution < 1.29 is 5.11 Å². The van der Waals surface area contributed by atoms with Gasteiger partial charge in [0.2, 0.25) is 5.95 Å². The summed E-state index contributed by atoms with van der Waals surface area (Å²) in [5.74, 6) is 1.53. The van der Waals surface area contributed by atoms with Crippen LogP contribution in [0, 0.1) is 0 Å². The molecular formula is C14H22N4OS. The maximum absolute atomic E-state index is 9.11. The van der Waals surface area contributed by atoms with Crippen molar-refractivity contribution in [2.75, 3.05) is 23.8 Å². The van der Waals surface area contributed by atoms with Gasteiger partial charge in [0, 0.05) is 19.2 Å². The van der Waals surface area contributed by atoms with Crippen LogP contribution in [0.25, 0.3) is 10.2 Å². The van der Waals surface area contributed by atoms with Gasteiger partial charge in [-0.3, -0.25) is 0 Å². The number of thiophene rings is 1. The summed E-state index contributed by atoms with van der Waals surface area (Å²) in [6, 6.07) is 2.27. The van der Waals surface area contributed by atoms with E-state index in [9.17, 15) is 0 Å². The van der Waals surface area contributed by atoms with Crippen molar-refractivity contribution in [3.8, 4) is 0 Å². The molecule has 0 amide bonds. The van der Waals surface area contributed by atoms with E-state index in [1.807, 2.05) is 11.4 Å². The third-order valence-corrected chi connectivity index (χ3v) is 3.98. The monoisotopic (exact) mass is 294 g/mol. The van der Waals surface area contributed by atoms with E-state index in [-0.39, 0.29) is 12.6 Å². The molecule has 0 aliphatic heterocycles. The SMILES string of the molecule is CCCNc1nc(NC(CC)CCO)c2ccsc2n1. The van der Waals surface area contributed by atoms with Gasteiger partial charge in [0.15, 0.2) is 0 Å². The van der Waals surface area contributed by atoms with Crippen LogP contribution in [0.4, 0.5) is 11.8 Å². The van der Waals surface area contributed by atoms with Crippen molar-refractivity contribution in [2.24, 2.45) is 0 Å². The van der Waals surface area contributed by atoms with Crippen LogP contribution in [0.5, 0.6) is 0 Å². The van der Waals surface area contributed by atoms with Crippen LogP contribution < -0.4 is 10.6 Å². The third kappa shape index (κ3) is 3.58. The fourth-order valence-electron chi connectivity index (χ4n) is 2.01. The van der Waals surface area contributed by atoms with E-state index in [4.69, 9.17) is 5.11 Å². The molecular weight excluding hydrogens is 272 g/mol. The first-order valence-electron chi connectivity index (χ1n) is 7.15. The lowest BCUT2D eigenvalue weighted by atomic mass is 10.1. The van der Waals surface area contributed by atoms with Crippen LogP contribution in [-0.2, 0) is 0 Å². The molecule has 3 N–H and O–H groups in total. The maximum Gasteiger partial charge on any atom is 0.226 e. The highest BCUT2D eigenvalue weighted by atomic mass is 32.1. The van der Waals surface area contributed by atoms with Crippen molar-refractivity contribution >= 4 is 33.3 Å². The minimum Gasteiger partial charge on any atom is -0.396 e. The van der Waals surface area contributed by atoms with E-state index < -0.39 is 0 Å². The van der Waals surface area contributed by atoms with Crippen LogP contribution in [0.2, 0.25) is 0 Å². The first-order chi connectivity index (χ1) is 9.78. The summed E-state index contributed by atoms with van der Waals surface area (Å²) in [5, 5.41) is 18.9. The Hall–Kier alpha value is -1.40. The zero-order chi connectivity index (χ0) is 14.4. The number of nitrogens with one attached hydrogen (secondary N) is 2. The van der Waals surface area contributed by atoms with E-state index in [2.05, 4.69) is 34.4 Å². The van der Waals surface area contributed by atoms with E-state index in [1.54, 1.807) is 11.3 Å². The van der Waals surface area contributed by atoms with E-state index in [1.165, 1.54) is 0 Å². The second kappa shape index (κ2) is 7.40.